The number of carbonyl (C=O) groups is 1. The highest BCUT2D eigenvalue weighted by molar-refractivity contribution is 5.73. The summed E-state index contributed by atoms with van der Waals surface area (Å²) in [6.45, 7) is 2.74. The van der Waals surface area contributed by atoms with Gasteiger partial charge in [-0.25, -0.2) is 14.8 Å². The number of hydrogen-bond acceptors (Lipinski definition) is 6. The molecule has 2 aromatic heterocycles. The van der Waals surface area contributed by atoms with Crippen molar-refractivity contribution >= 4 is 11.8 Å². The van der Waals surface area contributed by atoms with Crippen molar-refractivity contribution in [2.45, 2.75) is 45.1 Å². The van der Waals surface area contributed by atoms with Gasteiger partial charge in [0.2, 0.25) is 0 Å². The average molecular weight is 457 g/mol. The minimum atomic E-state index is -5.08. The van der Waals surface area contributed by atoms with Crippen LogP contribution in [-0.4, -0.2) is 32.2 Å². The summed E-state index contributed by atoms with van der Waals surface area (Å²) in [6.07, 6.45) is 1.75. The molecular formula is C23H22F3N5O2. The van der Waals surface area contributed by atoms with Crippen molar-refractivity contribution in [3.8, 4) is 11.4 Å². The van der Waals surface area contributed by atoms with Crippen LogP contribution in [-0.2, 0) is 37.3 Å². The Kier molecular flexibility index (Phi) is 6.55. The van der Waals surface area contributed by atoms with Crippen LogP contribution in [0.3, 0.4) is 0 Å². The fraction of sp³-hybridized carbons (Fsp3) is 0.304. The Bertz CT molecular complexity index is 1150. The fourth-order valence-corrected chi connectivity index (χ4v) is 3.85. The predicted octanol–water partition coefficient (Wildman–Crippen LogP) is 3.88. The van der Waals surface area contributed by atoms with Crippen molar-refractivity contribution < 1.29 is 23.1 Å². The van der Waals surface area contributed by atoms with Gasteiger partial charge in [0, 0.05) is 48.8 Å². The SMILES string of the molecule is O=C(O)C(F)(F)F.c1cc(-c2nc3c(c(NCc4ccc5c(c4)CNC5)n2)CCC3)ccn1. The maximum Gasteiger partial charge on any atom is 0.490 e. The number of aliphatic carboxylic acids is 1. The molecule has 5 rings (SSSR count). The van der Waals surface area contributed by atoms with E-state index in [1.54, 1.807) is 12.4 Å². The van der Waals surface area contributed by atoms with Crippen molar-refractivity contribution in [1.29, 1.82) is 0 Å². The summed E-state index contributed by atoms with van der Waals surface area (Å²) in [5.41, 5.74) is 7.61. The number of alkyl halides is 3. The van der Waals surface area contributed by atoms with Gasteiger partial charge in [0.05, 0.1) is 0 Å². The van der Waals surface area contributed by atoms with Crippen LogP contribution in [0.2, 0.25) is 0 Å². The molecule has 7 nitrogen and oxygen atoms in total. The Labute approximate surface area is 188 Å². The van der Waals surface area contributed by atoms with Crippen LogP contribution in [0.25, 0.3) is 11.4 Å². The van der Waals surface area contributed by atoms with Crippen molar-refractivity contribution in [3.63, 3.8) is 0 Å². The number of pyridine rings is 1. The van der Waals surface area contributed by atoms with E-state index in [0.717, 1.165) is 56.1 Å². The predicted molar refractivity (Wildman–Crippen MR) is 115 cm³/mol. The molecule has 1 aromatic carbocycles. The molecule has 0 saturated heterocycles. The van der Waals surface area contributed by atoms with E-state index in [1.807, 2.05) is 12.1 Å². The smallest absolute Gasteiger partial charge is 0.475 e. The monoisotopic (exact) mass is 457 g/mol. The summed E-state index contributed by atoms with van der Waals surface area (Å²) in [7, 11) is 0. The minimum Gasteiger partial charge on any atom is -0.475 e. The summed E-state index contributed by atoms with van der Waals surface area (Å²) in [6, 6.07) is 10.7. The zero-order valence-corrected chi connectivity index (χ0v) is 17.6. The van der Waals surface area contributed by atoms with Crippen molar-refractivity contribution in [2.75, 3.05) is 5.32 Å². The molecule has 2 aliphatic rings. The molecule has 0 bridgehead atoms. The van der Waals surface area contributed by atoms with Gasteiger partial charge in [-0.1, -0.05) is 18.2 Å². The Balaban J connectivity index is 0.000000325. The highest BCUT2D eigenvalue weighted by Crippen LogP contribution is 2.29. The molecule has 3 heterocycles. The van der Waals surface area contributed by atoms with Crippen LogP contribution in [0.5, 0.6) is 0 Å². The number of hydrogen-bond donors (Lipinski definition) is 3. The van der Waals surface area contributed by atoms with E-state index in [0.29, 0.717) is 0 Å². The molecule has 33 heavy (non-hydrogen) atoms. The number of fused-ring (bicyclic) bond motifs is 2. The van der Waals surface area contributed by atoms with Gasteiger partial charge in [-0.15, -0.1) is 0 Å². The molecule has 1 aliphatic heterocycles. The quantitative estimate of drug-likeness (QED) is 0.547. The first kappa shape index (κ1) is 22.7. The third-order valence-electron chi connectivity index (χ3n) is 5.48. The highest BCUT2D eigenvalue weighted by Gasteiger charge is 2.38. The van der Waals surface area contributed by atoms with E-state index < -0.39 is 12.1 Å². The molecule has 0 atom stereocenters. The van der Waals surface area contributed by atoms with Gasteiger partial charge in [-0.05, 0) is 48.1 Å². The van der Waals surface area contributed by atoms with Crippen molar-refractivity contribution in [2.24, 2.45) is 0 Å². The largest absolute Gasteiger partial charge is 0.490 e. The van der Waals surface area contributed by atoms with Crippen LogP contribution >= 0.6 is 0 Å². The van der Waals surface area contributed by atoms with E-state index in [1.165, 1.54) is 27.9 Å². The Morgan fingerprint density at radius 2 is 1.79 bits per heavy atom. The van der Waals surface area contributed by atoms with Crippen LogP contribution in [0, 0.1) is 0 Å². The minimum absolute atomic E-state index is 0.784. The van der Waals surface area contributed by atoms with Crippen molar-refractivity contribution in [3.05, 3.63) is 70.7 Å². The number of rotatable bonds is 4. The molecule has 10 heteroatoms. The summed E-state index contributed by atoms with van der Waals surface area (Å²) < 4.78 is 31.7. The number of aromatic nitrogens is 3. The Hall–Kier alpha value is -3.53. The number of nitrogens with zero attached hydrogens (tertiary/aromatic N) is 3. The second-order valence-electron chi connectivity index (χ2n) is 7.77. The number of carboxylic acid groups (broad SMARTS) is 1. The van der Waals surface area contributed by atoms with Crippen LogP contribution in [0.15, 0.2) is 42.7 Å². The van der Waals surface area contributed by atoms with Gasteiger partial charge in [-0.2, -0.15) is 13.2 Å². The second-order valence-corrected chi connectivity index (χ2v) is 7.77. The molecule has 0 spiro atoms. The number of anilines is 1. The summed E-state index contributed by atoms with van der Waals surface area (Å²) in [5, 5.41) is 14.1. The maximum atomic E-state index is 10.6. The topological polar surface area (TPSA) is 100 Å². The summed E-state index contributed by atoms with van der Waals surface area (Å²) >= 11 is 0. The lowest BCUT2D eigenvalue weighted by molar-refractivity contribution is -0.192. The third-order valence-corrected chi connectivity index (χ3v) is 5.48. The van der Waals surface area contributed by atoms with E-state index in [-0.39, 0.29) is 0 Å². The Morgan fingerprint density at radius 3 is 2.52 bits per heavy atom. The fourth-order valence-electron chi connectivity index (χ4n) is 3.85. The molecule has 3 N–H and O–H groups in total. The average Bonchev–Trinajstić information content (AvgIpc) is 3.46. The molecule has 0 saturated carbocycles. The second kappa shape index (κ2) is 9.53. The number of halogens is 3. The molecule has 0 unspecified atom stereocenters. The van der Waals surface area contributed by atoms with Crippen LogP contribution in [0.4, 0.5) is 19.0 Å². The number of carboxylic acids is 1. The normalized spacial score (nSPS) is 14.2. The maximum absolute atomic E-state index is 10.6. The molecule has 172 valence electrons. The molecule has 0 amide bonds. The number of aryl methyl sites for hydroxylation is 1. The molecular weight excluding hydrogens is 435 g/mol. The number of nitrogens with one attached hydrogen (secondary N) is 2. The van der Waals surface area contributed by atoms with E-state index in [4.69, 9.17) is 19.9 Å². The summed E-state index contributed by atoms with van der Waals surface area (Å²) in [4.78, 5) is 22.6. The third kappa shape index (κ3) is 5.46. The van der Waals surface area contributed by atoms with Gasteiger partial charge in [0.15, 0.2) is 5.82 Å². The van der Waals surface area contributed by atoms with Crippen LogP contribution < -0.4 is 10.6 Å². The van der Waals surface area contributed by atoms with Gasteiger partial charge in [-0.3, -0.25) is 4.98 Å². The van der Waals surface area contributed by atoms with Gasteiger partial charge < -0.3 is 15.7 Å². The standard InChI is InChI=1S/C21H21N5.C2HF3O2/c1-2-18-19(3-1)25-20(15-6-8-22-9-7-15)26-21(18)24-11-14-4-5-16-12-23-13-17(16)10-14;3-2(4,5)1(6)7/h4-10,23H,1-3,11-13H2,(H,24,25,26);(H,6,7). The zero-order valence-electron chi connectivity index (χ0n) is 17.6. The zero-order chi connectivity index (χ0) is 23.4. The first-order valence-electron chi connectivity index (χ1n) is 10.5. The lowest BCUT2D eigenvalue weighted by Gasteiger charge is -2.13. The van der Waals surface area contributed by atoms with Crippen molar-refractivity contribution in [1.82, 2.24) is 20.3 Å². The molecule has 1 aliphatic carbocycles. The summed E-state index contributed by atoms with van der Waals surface area (Å²) in [5.74, 6) is -0.987. The number of benzene rings is 1. The van der Waals surface area contributed by atoms with E-state index >= 15 is 0 Å². The molecule has 3 aromatic rings. The van der Waals surface area contributed by atoms with E-state index in [2.05, 4.69) is 33.8 Å². The van der Waals surface area contributed by atoms with E-state index in [9.17, 15) is 13.2 Å². The first-order valence-corrected chi connectivity index (χ1v) is 10.5. The lowest BCUT2D eigenvalue weighted by atomic mass is 10.1. The molecule has 0 radical (unpaired) electrons. The lowest BCUT2D eigenvalue weighted by Crippen LogP contribution is -2.21. The van der Waals surface area contributed by atoms with Gasteiger partial charge in [0.25, 0.3) is 0 Å². The first-order chi connectivity index (χ1) is 15.8. The van der Waals surface area contributed by atoms with Gasteiger partial charge >= 0.3 is 12.1 Å². The molecule has 0 fully saturated rings. The highest BCUT2D eigenvalue weighted by atomic mass is 19.4. The van der Waals surface area contributed by atoms with Crippen LogP contribution in [0.1, 0.15) is 34.4 Å². The van der Waals surface area contributed by atoms with Gasteiger partial charge in [0.1, 0.15) is 5.82 Å². The Morgan fingerprint density at radius 1 is 1.06 bits per heavy atom.